The molecule has 5 nitrogen and oxygen atoms in total. The van der Waals surface area contributed by atoms with Crippen molar-refractivity contribution < 1.29 is 13.9 Å². The number of para-hydroxylation sites is 1. The lowest BCUT2D eigenvalue weighted by Crippen LogP contribution is -2.16. The number of hydrazone groups is 1. The summed E-state index contributed by atoms with van der Waals surface area (Å²) < 4.78 is 10.7. The maximum absolute atomic E-state index is 12.0. The zero-order chi connectivity index (χ0) is 15.4. The topological polar surface area (TPSA) is 63.8 Å². The second-order valence-electron chi connectivity index (χ2n) is 4.60. The minimum atomic E-state index is -0.412. The van der Waals surface area contributed by atoms with Crippen molar-refractivity contribution in [2.45, 2.75) is 0 Å². The molecule has 3 aromatic rings. The first kappa shape index (κ1) is 13.9. The number of benzene rings is 2. The molecule has 0 bridgehead atoms. The van der Waals surface area contributed by atoms with Gasteiger partial charge in [-0.15, -0.1) is 0 Å². The molecule has 5 heteroatoms. The minimum absolute atomic E-state index is 0.185. The van der Waals surface area contributed by atoms with Crippen LogP contribution in [0.2, 0.25) is 0 Å². The maximum atomic E-state index is 12.0. The van der Waals surface area contributed by atoms with E-state index in [1.807, 2.05) is 42.5 Å². The fraction of sp³-hybridized carbons (Fsp3) is 0.0588. The first-order valence-corrected chi connectivity index (χ1v) is 6.73. The summed E-state index contributed by atoms with van der Waals surface area (Å²) in [5.41, 5.74) is 3.88. The number of nitrogens with one attached hydrogen (secondary N) is 1. The van der Waals surface area contributed by atoms with Crippen molar-refractivity contribution in [3.63, 3.8) is 0 Å². The number of carbonyl (C=O) groups excluding carboxylic acids is 1. The molecule has 0 radical (unpaired) electrons. The normalized spacial score (nSPS) is 11.0. The molecule has 0 saturated carbocycles. The molecule has 2 aromatic carbocycles. The lowest BCUT2D eigenvalue weighted by Gasteiger charge is -1.98. The Labute approximate surface area is 127 Å². The van der Waals surface area contributed by atoms with Gasteiger partial charge in [0.25, 0.3) is 0 Å². The van der Waals surface area contributed by atoms with Gasteiger partial charge in [-0.3, -0.25) is 4.79 Å². The van der Waals surface area contributed by atoms with Crippen molar-refractivity contribution in [3.8, 4) is 5.75 Å². The van der Waals surface area contributed by atoms with Crippen molar-refractivity contribution >= 4 is 23.1 Å². The molecule has 0 aliphatic carbocycles. The van der Waals surface area contributed by atoms with Crippen molar-refractivity contribution in [1.29, 1.82) is 0 Å². The third-order valence-electron chi connectivity index (χ3n) is 3.13. The Kier molecular flexibility index (Phi) is 3.87. The van der Waals surface area contributed by atoms with Crippen molar-refractivity contribution in [3.05, 3.63) is 65.9 Å². The van der Waals surface area contributed by atoms with Gasteiger partial charge < -0.3 is 9.15 Å². The second kappa shape index (κ2) is 6.13. The quantitative estimate of drug-likeness (QED) is 0.593. The summed E-state index contributed by atoms with van der Waals surface area (Å²) >= 11 is 0. The number of furan rings is 1. The number of carbonyl (C=O) groups is 1. The average molecular weight is 294 g/mol. The van der Waals surface area contributed by atoms with Gasteiger partial charge in [-0.05, 0) is 17.7 Å². The molecular formula is C17H14N2O3. The van der Waals surface area contributed by atoms with Crippen LogP contribution in [0.5, 0.6) is 5.75 Å². The van der Waals surface area contributed by atoms with Crippen molar-refractivity contribution in [2.24, 2.45) is 5.10 Å². The largest absolute Gasteiger partial charge is 0.493 e. The summed E-state index contributed by atoms with van der Waals surface area (Å²) in [5, 5.41) is 4.72. The lowest BCUT2D eigenvalue weighted by atomic mass is 10.2. The summed E-state index contributed by atoms with van der Waals surface area (Å²) in [6.07, 6.45) is 1.57. The molecule has 0 atom stereocenters. The number of rotatable bonds is 4. The highest BCUT2D eigenvalue weighted by Gasteiger charge is 2.14. The zero-order valence-electron chi connectivity index (χ0n) is 11.9. The predicted molar refractivity (Wildman–Crippen MR) is 84.3 cm³/mol. The van der Waals surface area contributed by atoms with E-state index < -0.39 is 5.91 Å². The number of methoxy groups -OCH3 is 1. The van der Waals surface area contributed by atoms with Gasteiger partial charge in [0.2, 0.25) is 0 Å². The van der Waals surface area contributed by atoms with Gasteiger partial charge in [0.15, 0.2) is 17.1 Å². The maximum Gasteiger partial charge on any atom is 0.307 e. The van der Waals surface area contributed by atoms with E-state index in [0.717, 1.165) is 10.9 Å². The number of amides is 1. The highest BCUT2D eigenvalue weighted by atomic mass is 16.5. The van der Waals surface area contributed by atoms with Crippen LogP contribution in [-0.4, -0.2) is 19.2 Å². The molecule has 1 aromatic heterocycles. The van der Waals surface area contributed by atoms with Gasteiger partial charge in [0, 0.05) is 5.39 Å². The van der Waals surface area contributed by atoms with E-state index in [9.17, 15) is 4.79 Å². The van der Waals surface area contributed by atoms with E-state index in [0.29, 0.717) is 11.3 Å². The number of fused-ring (bicyclic) bond motifs is 1. The van der Waals surface area contributed by atoms with Crippen LogP contribution >= 0.6 is 0 Å². The van der Waals surface area contributed by atoms with Gasteiger partial charge in [0.1, 0.15) is 0 Å². The Bertz CT molecular complexity index is 822. The van der Waals surface area contributed by atoms with E-state index >= 15 is 0 Å². The molecule has 1 heterocycles. The SMILES string of the molecule is COc1cccc2cc(C(=O)N/N=C\c3ccccc3)oc12. The van der Waals surface area contributed by atoms with Crippen LogP contribution in [0.15, 0.2) is 64.1 Å². The van der Waals surface area contributed by atoms with Gasteiger partial charge in [0.05, 0.1) is 13.3 Å². The Morgan fingerprint density at radius 1 is 1.18 bits per heavy atom. The molecule has 0 fully saturated rings. The number of nitrogens with zero attached hydrogens (tertiary/aromatic N) is 1. The van der Waals surface area contributed by atoms with Crippen LogP contribution in [-0.2, 0) is 0 Å². The Morgan fingerprint density at radius 2 is 2.00 bits per heavy atom. The molecule has 0 aliphatic rings. The van der Waals surface area contributed by atoms with Crippen LogP contribution in [0, 0.1) is 0 Å². The van der Waals surface area contributed by atoms with Crippen LogP contribution in [0.25, 0.3) is 11.0 Å². The molecule has 0 aliphatic heterocycles. The fourth-order valence-corrected chi connectivity index (χ4v) is 2.07. The highest BCUT2D eigenvalue weighted by molar-refractivity contribution is 5.97. The van der Waals surface area contributed by atoms with Crippen LogP contribution in [0.4, 0.5) is 0 Å². The Hall–Kier alpha value is -3.08. The van der Waals surface area contributed by atoms with Gasteiger partial charge in [-0.2, -0.15) is 5.10 Å². The molecule has 0 unspecified atom stereocenters. The van der Waals surface area contributed by atoms with Crippen LogP contribution in [0.1, 0.15) is 16.1 Å². The monoisotopic (exact) mass is 294 g/mol. The summed E-state index contributed by atoms with van der Waals surface area (Å²) in [6, 6.07) is 16.6. The summed E-state index contributed by atoms with van der Waals surface area (Å²) in [4.78, 5) is 12.0. The molecule has 22 heavy (non-hydrogen) atoms. The van der Waals surface area contributed by atoms with Gasteiger partial charge >= 0.3 is 5.91 Å². The summed E-state index contributed by atoms with van der Waals surface area (Å²) in [5.74, 6) is 0.361. The first-order valence-electron chi connectivity index (χ1n) is 6.73. The van der Waals surface area contributed by atoms with Gasteiger partial charge in [-0.1, -0.05) is 42.5 Å². The summed E-state index contributed by atoms with van der Waals surface area (Å²) in [6.45, 7) is 0. The molecule has 0 saturated heterocycles. The van der Waals surface area contributed by atoms with E-state index in [1.165, 1.54) is 0 Å². The van der Waals surface area contributed by atoms with Crippen LogP contribution < -0.4 is 10.2 Å². The number of hydrogen-bond donors (Lipinski definition) is 1. The minimum Gasteiger partial charge on any atom is -0.493 e. The Balaban J connectivity index is 1.76. The highest BCUT2D eigenvalue weighted by Crippen LogP contribution is 2.28. The Morgan fingerprint density at radius 3 is 2.77 bits per heavy atom. The van der Waals surface area contributed by atoms with Crippen molar-refractivity contribution in [2.75, 3.05) is 7.11 Å². The molecule has 110 valence electrons. The smallest absolute Gasteiger partial charge is 0.307 e. The average Bonchev–Trinajstić information content (AvgIpc) is 3.00. The van der Waals surface area contributed by atoms with Gasteiger partial charge in [-0.25, -0.2) is 5.43 Å². The number of hydrogen-bond acceptors (Lipinski definition) is 4. The second-order valence-corrected chi connectivity index (χ2v) is 4.60. The first-order chi connectivity index (χ1) is 10.8. The molecule has 1 amide bonds. The van der Waals surface area contributed by atoms with E-state index in [1.54, 1.807) is 25.5 Å². The van der Waals surface area contributed by atoms with Crippen LogP contribution in [0.3, 0.4) is 0 Å². The lowest BCUT2D eigenvalue weighted by molar-refractivity contribution is 0.0929. The van der Waals surface area contributed by atoms with E-state index in [2.05, 4.69) is 10.5 Å². The molecular weight excluding hydrogens is 280 g/mol. The van der Waals surface area contributed by atoms with E-state index in [4.69, 9.17) is 9.15 Å². The standard InChI is InChI=1S/C17H14N2O3/c1-21-14-9-5-8-13-10-15(22-16(13)14)17(20)19-18-11-12-6-3-2-4-7-12/h2-11H,1H3,(H,19,20)/b18-11-. The zero-order valence-corrected chi connectivity index (χ0v) is 11.9. The molecule has 0 spiro atoms. The summed E-state index contributed by atoms with van der Waals surface area (Å²) in [7, 11) is 1.56. The number of ether oxygens (including phenoxy) is 1. The van der Waals surface area contributed by atoms with Crippen molar-refractivity contribution in [1.82, 2.24) is 5.43 Å². The fourth-order valence-electron chi connectivity index (χ4n) is 2.07. The molecule has 1 N–H and O–H groups in total. The van der Waals surface area contributed by atoms with E-state index in [-0.39, 0.29) is 5.76 Å². The third-order valence-corrected chi connectivity index (χ3v) is 3.13. The molecule has 3 rings (SSSR count). The third kappa shape index (κ3) is 2.83. The predicted octanol–water partition coefficient (Wildman–Crippen LogP) is 3.21.